The lowest BCUT2D eigenvalue weighted by Gasteiger charge is -2.22. The summed E-state index contributed by atoms with van der Waals surface area (Å²) >= 11 is 0. The second-order valence-corrected chi connectivity index (χ2v) is 5.37. The van der Waals surface area contributed by atoms with Crippen LogP contribution in [0.4, 0.5) is 4.79 Å². The Kier molecular flexibility index (Phi) is 4.54. The molecule has 0 aromatic rings. The number of hydrogen-bond donors (Lipinski definition) is 3. The van der Waals surface area contributed by atoms with E-state index in [1.807, 2.05) is 0 Å². The molecule has 1 amide bonds. The van der Waals surface area contributed by atoms with Crippen LogP contribution < -0.4 is 5.32 Å². The Morgan fingerprint density at radius 1 is 1.30 bits per heavy atom. The van der Waals surface area contributed by atoms with Crippen molar-refractivity contribution in [3.63, 3.8) is 0 Å². The van der Waals surface area contributed by atoms with Gasteiger partial charge in [-0.15, -0.1) is 0 Å². The average Bonchev–Trinajstić information content (AvgIpc) is 2.25. The smallest absolute Gasteiger partial charge is 0.411 e. The van der Waals surface area contributed by atoms with Crippen molar-refractivity contribution in [3.05, 3.63) is 23.4 Å². The Labute approximate surface area is 115 Å². The Morgan fingerprint density at radius 2 is 1.90 bits per heavy atom. The quantitative estimate of drug-likeness (QED) is 0.723. The van der Waals surface area contributed by atoms with Crippen molar-refractivity contribution < 1.29 is 29.3 Å². The van der Waals surface area contributed by atoms with Crippen LogP contribution in [0.3, 0.4) is 0 Å². The standard InChI is InChI=1S/C13H17NO6/c1-13(2,3)20-12(19)14-9-5-7(10(15)16)4-8(6-9)11(17)18/h4-5,8H,6H2,1-3H3,(H,14,19)(H,15,16)(H,17,18). The fourth-order valence-electron chi connectivity index (χ4n) is 1.62. The number of alkyl carbamates (subject to hydrolysis) is 1. The first-order chi connectivity index (χ1) is 9.08. The van der Waals surface area contributed by atoms with Crippen molar-refractivity contribution in [2.75, 3.05) is 0 Å². The predicted molar refractivity (Wildman–Crippen MR) is 68.9 cm³/mol. The normalized spacial score (nSPS) is 18.6. The zero-order valence-corrected chi connectivity index (χ0v) is 11.5. The highest BCUT2D eigenvalue weighted by molar-refractivity contribution is 5.92. The number of carboxylic acid groups (broad SMARTS) is 2. The van der Waals surface area contributed by atoms with Gasteiger partial charge in [-0.25, -0.2) is 9.59 Å². The molecule has 1 atom stereocenters. The largest absolute Gasteiger partial charge is 0.481 e. The molecule has 0 saturated heterocycles. The fourth-order valence-corrected chi connectivity index (χ4v) is 1.62. The molecule has 0 bridgehead atoms. The van der Waals surface area contributed by atoms with E-state index in [1.165, 1.54) is 6.08 Å². The van der Waals surface area contributed by atoms with Gasteiger partial charge >= 0.3 is 18.0 Å². The minimum atomic E-state index is -1.25. The number of allylic oxidation sites excluding steroid dienone is 1. The van der Waals surface area contributed by atoms with Gasteiger partial charge < -0.3 is 14.9 Å². The molecule has 0 spiro atoms. The van der Waals surface area contributed by atoms with Gasteiger partial charge in [0.15, 0.2) is 0 Å². The summed E-state index contributed by atoms with van der Waals surface area (Å²) in [6, 6.07) is 0. The molecule has 0 heterocycles. The lowest BCUT2D eigenvalue weighted by molar-refractivity contribution is -0.140. The van der Waals surface area contributed by atoms with E-state index < -0.39 is 29.6 Å². The zero-order valence-electron chi connectivity index (χ0n) is 11.5. The monoisotopic (exact) mass is 283 g/mol. The van der Waals surface area contributed by atoms with E-state index in [0.717, 1.165) is 6.08 Å². The average molecular weight is 283 g/mol. The third-order valence-corrected chi connectivity index (χ3v) is 2.38. The van der Waals surface area contributed by atoms with Gasteiger partial charge in [0.25, 0.3) is 0 Å². The van der Waals surface area contributed by atoms with Gasteiger partial charge in [-0.1, -0.05) is 6.08 Å². The van der Waals surface area contributed by atoms with Gasteiger partial charge in [0, 0.05) is 12.1 Å². The van der Waals surface area contributed by atoms with Gasteiger partial charge in [-0.2, -0.15) is 0 Å². The fraction of sp³-hybridized carbons (Fsp3) is 0.462. The molecule has 110 valence electrons. The second kappa shape index (κ2) is 5.77. The van der Waals surface area contributed by atoms with Crippen molar-refractivity contribution in [2.45, 2.75) is 32.8 Å². The van der Waals surface area contributed by atoms with Crippen LogP contribution in [-0.4, -0.2) is 33.8 Å². The molecular formula is C13H17NO6. The summed E-state index contributed by atoms with van der Waals surface area (Å²) in [6.07, 6.45) is 1.63. The van der Waals surface area contributed by atoms with Gasteiger partial charge in [0.1, 0.15) is 5.60 Å². The summed E-state index contributed by atoms with van der Waals surface area (Å²) in [5.74, 6) is -3.39. The lowest BCUT2D eigenvalue weighted by Crippen LogP contribution is -2.34. The molecule has 7 heteroatoms. The number of carbonyl (C=O) groups excluding carboxylic acids is 1. The Bertz CT molecular complexity index is 497. The number of carboxylic acids is 2. The molecular weight excluding hydrogens is 266 g/mol. The van der Waals surface area contributed by atoms with E-state index in [1.54, 1.807) is 20.8 Å². The summed E-state index contributed by atoms with van der Waals surface area (Å²) in [5, 5.41) is 20.3. The molecule has 1 aliphatic rings. The van der Waals surface area contributed by atoms with Gasteiger partial charge in [-0.3, -0.25) is 10.1 Å². The van der Waals surface area contributed by atoms with Gasteiger partial charge in [0.05, 0.1) is 11.5 Å². The molecule has 1 unspecified atom stereocenters. The number of hydrogen-bond acceptors (Lipinski definition) is 4. The Morgan fingerprint density at radius 3 is 2.35 bits per heavy atom. The zero-order chi connectivity index (χ0) is 15.5. The third-order valence-electron chi connectivity index (χ3n) is 2.38. The first-order valence-electron chi connectivity index (χ1n) is 5.97. The second-order valence-electron chi connectivity index (χ2n) is 5.37. The van der Waals surface area contributed by atoms with Crippen LogP contribution in [0.15, 0.2) is 23.4 Å². The number of carbonyl (C=O) groups is 3. The molecule has 1 rings (SSSR count). The van der Waals surface area contributed by atoms with Crippen LogP contribution in [0, 0.1) is 5.92 Å². The van der Waals surface area contributed by atoms with Crippen molar-refractivity contribution in [1.29, 1.82) is 0 Å². The topological polar surface area (TPSA) is 113 Å². The van der Waals surface area contributed by atoms with E-state index in [2.05, 4.69) is 5.32 Å². The van der Waals surface area contributed by atoms with Crippen LogP contribution >= 0.6 is 0 Å². The first kappa shape index (κ1) is 15.7. The maximum absolute atomic E-state index is 11.6. The summed E-state index contributed by atoms with van der Waals surface area (Å²) in [4.78, 5) is 33.5. The number of ether oxygens (including phenoxy) is 1. The Hall–Kier alpha value is -2.31. The lowest BCUT2D eigenvalue weighted by atomic mass is 9.94. The van der Waals surface area contributed by atoms with Crippen LogP contribution in [0.2, 0.25) is 0 Å². The SMILES string of the molecule is CC(C)(C)OC(=O)NC1=CC(C(=O)O)=CC(C(=O)O)C1. The van der Waals surface area contributed by atoms with Crippen LogP contribution in [-0.2, 0) is 14.3 Å². The molecule has 0 radical (unpaired) electrons. The number of amides is 1. The molecule has 0 aromatic heterocycles. The predicted octanol–water partition coefficient (Wildman–Crippen LogP) is 1.51. The van der Waals surface area contributed by atoms with E-state index in [-0.39, 0.29) is 17.7 Å². The van der Waals surface area contributed by atoms with Crippen LogP contribution in [0.1, 0.15) is 27.2 Å². The summed E-state index contributed by atoms with van der Waals surface area (Å²) in [7, 11) is 0. The minimum Gasteiger partial charge on any atom is -0.481 e. The molecule has 0 saturated carbocycles. The minimum absolute atomic E-state index is 0.00531. The highest BCUT2D eigenvalue weighted by atomic mass is 16.6. The summed E-state index contributed by atoms with van der Waals surface area (Å²) in [5.41, 5.74) is -0.669. The van der Waals surface area contributed by atoms with Crippen LogP contribution in [0.25, 0.3) is 0 Å². The Balaban J connectivity index is 2.84. The molecule has 0 aliphatic heterocycles. The third kappa shape index (κ3) is 4.75. The van der Waals surface area contributed by atoms with E-state index in [4.69, 9.17) is 14.9 Å². The number of nitrogens with one attached hydrogen (secondary N) is 1. The summed E-state index contributed by atoms with van der Waals surface area (Å²) < 4.78 is 5.03. The highest BCUT2D eigenvalue weighted by Crippen LogP contribution is 2.22. The van der Waals surface area contributed by atoms with E-state index in [0.29, 0.717) is 0 Å². The van der Waals surface area contributed by atoms with Gasteiger partial charge in [-0.05, 0) is 26.8 Å². The molecule has 3 N–H and O–H groups in total. The first-order valence-corrected chi connectivity index (χ1v) is 5.97. The number of rotatable bonds is 3. The summed E-state index contributed by atoms with van der Waals surface area (Å²) in [6.45, 7) is 5.05. The van der Waals surface area contributed by atoms with Crippen molar-refractivity contribution in [1.82, 2.24) is 5.32 Å². The molecule has 0 aromatic carbocycles. The van der Waals surface area contributed by atoms with Crippen molar-refractivity contribution >= 4 is 18.0 Å². The highest BCUT2D eigenvalue weighted by Gasteiger charge is 2.26. The maximum atomic E-state index is 11.6. The van der Waals surface area contributed by atoms with E-state index in [9.17, 15) is 14.4 Å². The van der Waals surface area contributed by atoms with Crippen molar-refractivity contribution in [2.24, 2.45) is 5.92 Å². The van der Waals surface area contributed by atoms with Gasteiger partial charge in [0.2, 0.25) is 0 Å². The molecule has 20 heavy (non-hydrogen) atoms. The molecule has 1 aliphatic carbocycles. The van der Waals surface area contributed by atoms with E-state index >= 15 is 0 Å². The maximum Gasteiger partial charge on any atom is 0.411 e. The molecule has 0 fully saturated rings. The van der Waals surface area contributed by atoms with Crippen LogP contribution in [0.5, 0.6) is 0 Å². The van der Waals surface area contributed by atoms with Crippen molar-refractivity contribution in [3.8, 4) is 0 Å². The number of aliphatic carboxylic acids is 2. The molecule has 7 nitrogen and oxygen atoms in total.